The van der Waals surface area contributed by atoms with Crippen molar-refractivity contribution >= 4 is 27.7 Å². The number of carboxylic acid groups (broad SMARTS) is 1. The lowest BCUT2D eigenvalue weighted by molar-refractivity contribution is 0.0698. The molecular weight excluding hydrogens is 272 g/mol. The highest BCUT2D eigenvalue weighted by Gasteiger charge is 2.17. The molecule has 3 aromatic rings. The maximum Gasteiger partial charge on any atom is 0.336 e. The van der Waals surface area contributed by atoms with E-state index in [0.29, 0.717) is 22.2 Å². The van der Waals surface area contributed by atoms with Gasteiger partial charge >= 0.3 is 5.97 Å². The number of aromatic carboxylic acids is 1. The lowest BCUT2D eigenvalue weighted by Gasteiger charge is -2.09. The van der Waals surface area contributed by atoms with Crippen molar-refractivity contribution in [1.82, 2.24) is 9.59 Å². The Kier molecular flexibility index (Phi) is 2.93. The normalized spacial score (nSPS) is 10.3. The van der Waals surface area contributed by atoms with Crippen molar-refractivity contribution in [3.05, 3.63) is 47.5 Å². The number of hydrogen-bond donors (Lipinski definition) is 1. The van der Waals surface area contributed by atoms with Gasteiger partial charge in [0.15, 0.2) is 0 Å². The molecular formula is C15H8N2O2S. The van der Waals surface area contributed by atoms with Crippen LogP contribution >= 0.6 is 11.5 Å². The zero-order chi connectivity index (χ0) is 14.1. The molecule has 1 aromatic heterocycles. The van der Waals surface area contributed by atoms with E-state index in [1.54, 1.807) is 30.3 Å². The molecule has 96 valence electrons. The molecule has 1 N–H and O–H groups in total. The zero-order valence-electron chi connectivity index (χ0n) is 10.2. The van der Waals surface area contributed by atoms with E-state index in [-0.39, 0.29) is 5.56 Å². The lowest BCUT2D eigenvalue weighted by Crippen LogP contribution is -2.00. The van der Waals surface area contributed by atoms with E-state index < -0.39 is 5.97 Å². The number of nitrogens with zero attached hydrogens (tertiary/aromatic N) is 2. The molecule has 3 rings (SSSR count). The molecule has 5 heteroatoms. The Bertz CT molecular complexity index is 862. The molecule has 1 heterocycles. The molecule has 0 radical (unpaired) electrons. The van der Waals surface area contributed by atoms with Crippen molar-refractivity contribution < 1.29 is 9.90 Å². The number of fused-ring (bicyclic) bond motifs is 1. The van der Waals surface area contributed by atoms with Crippen LogP contribution in [0, 0.1) is 12.3 Å². The molecule has 0 fully saturated rings. The maximum absolute atomic E-state index is 11.4. The second-order valence-corrected chi connectivity index (χ2v) is 4.89. The molecule has 2 aromatic carbocycles. The molecule has 0 aliphatic carbocycles. The van der Waals surface area contributed by atoms with Crippen molar-refractivity contribution in [3.63, 3.8) is 0 Å². The van der Waals surface area contributed by atoms with E-state index in [4.69, 9.17) is 6.42 Å². The van der Waals surface area contributed by atoms with Crippen LogP contribution < -0.4 is 0 Å². The first-order chi connectivity index (χ1) is 9.72. The fourth-order valence-electron chi connectivity index (χ4n) is 2.13. The number of carboxylic acids is 1. The SMILES string of the molecule is C#Cc1ccc2snnc2c1-c1ccccc1C(=O)O. The van der Waals surface area contributed by atoms with Gasteiger partial charge in [0.05, 0.1) is 10.3 Å². The molecule has 0 bridgehead atoms. The van der Waals surface area contributed by atoms with Crippen molar-refractivity contribution in [1.29, 1.82) is 0 Å². The van der Waals surface area contributed by atoms with Gasteiger partial charge in [0.1, 0.15) is 5.52 Å². The fourth-order valence-corrected chi connectivity index (χ4v) is 2.70. The number of terminal acetylenes is 1. The number of aromatic nitrogens is 2. The molecule has 4 nitrogen and oxygen atoms in total. The van der Waals surface area contributed by atoms with E-state index in [1.165, 1.54) is 11.5 Å². The van der Waals surface area contributed by atoms with E-state index in [0.717, 1.165) is 4.70 Å². The van der Waals surface area contributed by atoms with Gasteiger partial charge in [-0.1, -0.05) is 28.6 Å². The summed E-state index contributed by atoms with van der Waals surface area (Å²) in [5.74, 6) is 1.59. The Labute approximate surface area is 118 Å². The van der Waals surface area contributed by atoms with Gasteiger partial charge in [-0.05, 0) is 35.3 Å². The van der Waals surface area contributed by atoms with Crippen molar-refractivity contribution in [2.75, 3.05) is 0 Å². The second kappa shape index (κ2) is 4.76. The largest absolute Gasteiger partial charge is 0.478 e. The Morgan fingerprint density at radius 3 is 2.80 bits per heavy atom. The molecule has 0 spiro atoms. The van der Waals surface area contributed by atoms with Crippen molar-refractivity contribution in [2.24, 2.45) is 0 Å². The van der Waals surface area contributed by atoms with Gasteiger partial charge in [0.25, 0.3) is 0 Å². The summed E-state index contributed by atoms with van der Waals surface area (Å²) < 4.78 is 4.79. The third-order valence-electron chi connectivity index (χ3n) is 3.00. The number of benzene rings is 2. The maximum atomic E-state index is 11.4. The molecule has 0 saturated heterocycles. The summed E-state index contributed by atoms with van der Waals surface area (Å²) in [4.78, 5) is 11.4. The third-order valence-corrected chi connectivity index (χ3v) is 3.69. The summed E-state index contributed by atoms with van der Waals surface area (Å²) in [7, 11) is 0. The molecule has 20 heavy (non-hydrogen) atoms. The standard InChI is InChI=1S/C15H8N2O2S/c1-2-9-7-8-12-14(16-17-20-12)13(9)10-5-3-4-6-11(10)15(18)19/h1,3-8H,(H,18,19). The summed E-state index contributed by atoms with van der Waals surface area (Å²) in [6.07, 6.45) is 5.53. The quantitative estimate of drug-likeness (QED) is 0.733. The van der Waals surface area contributed by atoms with Gasteiger partial charge in [-0.3, -0.25) is 0 Å². The minimum absolute atomic E-state index is 0.199. The highest BCUT2D eigenvalue weighted by atomic mass is 32.1. The lowest BCUT2D eigenvalue weighted by atomic mass is 9.94. The van der Waals surface area contributed by atoms with Crippen LogP contribution in [0.1, 0.15) is 15.9 Å². The first kappa shape index (κ1) is 12.3. The Morgan fingerprint density at radius 2 is 2.05 bits per heavy atom. The predicted octanol–water partition coefficient (Wildman–Crippen LogP) is 3.04. The molecule has 0 saturated carbocycles. The molecule has 0 aliphatic heterocycles. The fraction of sp³-hybridized carbons (Fsp3) is 0. The van der Waals surface area contributed by atoms with Crippen LogP contribution in [-0.4, -0.2) is 20.7 Å². The van der Waals surface area contributed by atoms with Gasteiger partial charge in [0, 0.05) is 11.1 Å². The highest BCUT2D eigenvalue weighted by Crippen LogP contribution is 2.34. The van der Waals surface area contributed by atoms with Gasteiger partial charge in [-0.15, -0.1) is 11.5 Å². The molecule has 0 aliphatic rings. The van der Waals surface area contributed by atoms with Crippen molar-refractivity contribution in [3.8, 4) is 23.5 Å². The first-order valence-electron chi connectivity index (χ1n) is 5.76. The monoisotopic (exact) mass is 280 g/mol. The van der Waals surface area contributed by atoms with Crippen LogP contribution in [0.25, 0.3) is 21.3 Å². The molecule has 0 amide bonds. The minimum Gasteiger partial charge on any atom is -0.478 e. The van der Waals surface area contributed by atoms with E-state index >= 15 is 0 Å². The van der Waals surface area contributed by atoms with E-state index in [9.17, 15) is 9.90 Å². The van der Waals surface area contributed by atoms with Crippen LogP contribution in [0.15, 0.2) is 36.4 Å². The smallest absolute Gasteiger partial charge is 0.336 e. The summed E-state index contributed by atoms with van der Waals surface area (Å²) in [5, 5.41) is 13.4. The Hall–Kier alpha value is -2.71. The Morgan fingerprint density at radius 1 is 1.25 bits per heavy atom. The van der Waals surface area contributed by atoms with Crippen LogP contribution in [0.4, 0.5) is 0 Å². The summed E-state index contributed by atoms with van der Waals surface area (Å²) in [6, 6.07) is 10.4. The van der Waals surface area contributed by atoms with Crippen LogP contribution in [-0.2, 0) is 0 Å². The summed E-state index contributed by atoms with van der Waals surface area (Å²) in [5.41, 5.74) is 2.66. The Balaban J connectivity index is 2.43. The van der Waals surface area contributed by atoms with Gasteiger partial charge < -0.3 is 5.11 Å². The van der Waals surface area contributed by atoms with Crippen LogP contribution in [0.2, 0.25) is 0 Å². The van der Waals surface area contributed by atoms with Crippen LogP contribution in [0.3, 0.4) is 0 Å². The molecule has 0 unspecified atom stereocenters. The number of carbonyl (C=O) groups is 1. The van der Waals surface area contributed by atoms with Gasteiger partial charge in [0.2, 0.25) is 0 Å². The predicted molar refractivity (Wildman–Crippen MR) is 77.7 cm³/mol. The average Bonchev–Trinajstić information content (AvgIpc) is 2.94. The minimum atomic E-state index is -0.997. The zero-order valence-corrected chi connectivity index (χ0v) is 11.0. The summed E-state index contributed by atoms with van der Waals surface area (Å²) in [6.45, 7) is 0. The van der Waals surface area contributed by atoms with Crippen molar-refractivity contribution in [2.45, 2.75) is 0 Å². The van der Waals surface area contributed by atoms with Gasteiger partial charge in [-0.25, -0.2) is 4.79 Å². The second-order valence-electron chi connectivity index (χ2n) is 4.10. The van der Waals surface area contributed by atoms with E-state index in [1.807, 2.05) is 6.07 Å². The topological polar surface area (TPSA) is 63.1 Å². The first-order valence-corrected chi connectivity index (χ1v) is 6.54. The number of rotatable bonds is 2. The number of hydrogen-bond acceptors (Lipinski definition) is 4. The summed E-state index contributed by atoms with van der Waals surface area (Å²) >= 11 is 1.25. The van der Waals surface area contributed by atoms with Crippen LogP contribution in [0.5, 0.6) is 0 Å². The third kappa shape index (κ3) is 1.83. The average molecular weight is 280 g/mol. The van der Waals surface area contributed by atoms with Gasteiger partial charge in [-0.2, -0.15) is 0 Å². The highest BCUT2D eigenvalue weighted by molar-refractivity contribution is 7.13. The van der Waals surface area contributed by atoms with E-state index in [2.05, 4.69) is 15.5 Å². The molecule has 0 atom stereocenters.